The molecule has 0 aromatic heterocycles. The molecule has 1 aliphatic heterocycles. The lowest BCUT2D eigenvalue weighted by atomic mass is 10.1. The molecule has 0 fully saturated rings. The van der Waals surface area contributed by atoms with Gasteiger partial charge in [0.25, 0.3) is 0 Å². The third-order valence-electron chi connectivity index (χ3n) is 3.06. The molecule has 1 aromatic rings. The number of hydrogen-bond donors (Lipinski definition) is 2. The predicted octanol–water partition coefficient (Wildman–Crippen LogP) is 1.48. The normalized spacial score (nSPS) is 18.9. The average Bonchev–Trinajstić information content (AvgIpc) is 2.76. The zero-order valence-electron chi connectivity index (χ0n) is 10.5. The molecule has 2 rings (SSSR count). The van der Waals surface area contributed by atoms with Crippen LogP contribution in [0.4, 0.5) is 0 Å². The highest BCUT2D eigenvalue weighted by Gasteiger charge is 2.23. The molecule has 0 saturated carbocycles. The van der Waals surface area contributed by atoms with Crippen molar-refractivity contribution in [3.63, 3.8) is 0 Å². The van der Waals surface area contributed by atoms with Crippen molar-refractivity contribution in [3.8, 4) is 5.75 Å². The largest absolute Gasteiger partial charge is 0.488 e. The maximum Gasteiger partial charge on any atom is 0.236 e. The van der Waals surface area contributed by atoms with Gasteiger partial charge in [-0.2, -0.15) is 0 Å². The molecular weight excluding hydrogens is 296 g/mol. The van der Waals surface area contributed by atoms with Crippen LogP contribution in [0.1, 0.15) is 12.5 Å². The van der Waals surface area contributed by atoms with Crippen LogP contribution in [0.2, 0.25) is 0 Å². The van der Waals surface area contributed by atoms with E-state index >= 15 is 0 Å². The van der Waals surface area contributed by atoms with Crippen LogP contribution in [0.5, 0.6) is 5.75 Å². The van der Waals surface area contributed by atoms with Gasteiger partial charge in [0.2, 0.25) is 5.91 Å². The maximum atomic E-state index is 11.4. The summed E-state index contributed by atoms with van der Waals surface area (Å²) < 4.78 is 6.88. The molecule has 0 saturated heterocycles. The number of likely N-dealkylation sites (N-methyl/N-ethyl adjacent to an activating group) is 1. The van der Waals surface area contributed by atoms with Crippen molar-refractivity contribution in [2.75, 3.05) is 13.6 Å². The number of fused-ring (bicyclic) bond motifs is 1. The summed E-state index contributed by atoms with van der Waals surface area (Å²) in [6.45, 7) is 2.51. The van der Waals surface area contributed by atoms with Crippen LogP contribution >= 0.6 is 15.9 Å². The fourth-order valence-electron chi connectivity index (χ4n) is 2.02. The smallest absolute Gasteiger partial charge is 0.236 e. The fraction of sp³-hybridized carbons (Fsp3) is 0.462. The number of hydrogen-bond acceptors (Lipinski definition) is 3. The minimum Gasteiger partial charge on any atom is -0.488 e. The summed E-state index contributed by atoms with van der Waals surface area (Å²) in [5, 5.41) is 5.79. The maximum absolute atomic E-state index is 11.4. The summed E-state index contributed by atoms with van der Waals surface area (Å²) in [4.78, 5) is 11.4. The van der Waals surface area contributed by atoms with Crippen molar-refractivity contribution in [2.45, 2.75) is 25.5 Å². The van der Waals surface area contributed by atoms with E-state index in [2.05, 4.69) is 32.6 Å². The number of rotatable bonds is 4. The number of halogens is 1. The van der Waals surface area contributed by atoms with E-state index in [-0.39, 0.29) is 18.1 Å². The third-order valence-corrected chi connectivity index (χ3v) is 3.55. The Hall–Kier alpha value is -1.07. The first-order chi connectivity index (χ1) is 8.60. The molecule has 1 amide bonds. The van der Waals surface area contributed by atoms with Crippen molar-refractivity contribution in [2.24, 2.45) is 0 Å². The van der Waals surface area contributed by atoms with Gasteiger partial charge in [0.05, 0.1) is 6.04 Å². The van der Waals surface area contributed by atoms with Crippen LogP contribution in [0.15, 0.2) is 22.7 Å². The van der Waals surface area contributed by atoms with Crippen LogP contribution in [0, 0.1) is 0 Å². The van der Waals surface area contributed by atoms with Crippen molar-refractivity contribution in [1.82, 2.24) is 10.6 Å². The quantitative estimate of drug-likeness (QED) is 0.885. The number of carbonyl (C=O) groups excluding carboxylic acids is 1. The van der Waals surface area contributed by atoms with E-state index in [1.807, 2.05) is 19.1 Å². The Balaban J connectivity index is 1.86. The van der Waals surface area contributed by atoms with Gasteiger partial charge >= 0.3 is 0 Å². The van der Waals surface area contributed by atoms with Crippen LogP contribution in [-0.4, -0.2) is 31.6 Å². The lowest BCUT2D eigenvalue weighted by Gasteiger charge is -2.16. The molecule has 98 valence electrons. The van der Waals surface area contributed by atoms with Gasteiger partial charge in [-0.15, -0.1) is 0 Å². The van der Waals surface area contributed by atoms with Crippen molar-refractivity contribution >= 4 is 21.8 Å². The van der Waals surface area contributed by atoms with Crippen molar-refractivity contribution < 1.29 is 9.53 Å². The minimum absolute atomic E-state index is 0.00624. The van der Waals surface area contributed by atoms with E-state index in [4.69, 9.17) is 4.74 Å². The van der Waals surface area contributed by atoms with Crippen molar-refractivity contribution in [1.29, 1.82) is 0 Å². The summed E-state index contributed by atoms with van der Waals surface area (Å²) in [7, 11) is 1.64. The van der Waals surface area contributed by atoms with Gasteiger partial charge < -0.3 is 15.4 Å². The molecule has 5 heteroatoms. The monoisotopic (exact) mass is 312 g/mol. The highest BCUT2D eigenvalue weighted by molar-refractivity contribution is 9.10. The van der Waals surface area contributed by atoms with Crippen LogP contribution in [0.25, 0.3) is 0 Å². The first-order valence-corrected chi connectivity index (χ1v) is 6.79. The number of nitrogens with one attached hydrogen (secondary N) is 2. The molecule has 1 heterocycles. The molecule has 0 aliphatic carbocycles. The molecule has 2 N–H and O–H groups in total. The summed E-state index contributed by atoms with van der Waals surface area (Å²) >= 11 is 3.45. The molecular formula is C13H17BrN2O2. The van der Waals surface area contributed by atoms with Gasteiger partial charge in [0.15, 0.2) is 0 Å². The predicted molar refractivity (Wildman–Crippen MR) is 73.8 cm³/mol. The molecule has 18 heavy (non-hydrogen) atoms. The Morgan fingerprint density at radius 2 is 2.39 bits per heavy atom. The molecule has 0 bridgehead atoms. The van der Waals surface area contributed by atoms with Gasteiger partial charge in [-0.25, -0.2) is 0 Å². The Morgan fingerprint density at radius 3 is 3.11 bits per heavy atom. The molecule has 2 atom stereocenters. The standard InChI is InChI=1S/C13H17BrN2O2/c1-8(13(17)15-2)16-7-11-6-9-5-10(14)3-4-12(9)18-11/h3-5,8,11,16H,6-7H2,1-2H3,(H,15,17). The van der Waals surface area contributed by atoms with E-state index in [1.54, 1.807) is 7.05 Å². The topological polar surface area (TPSA) is 50.4 Å². The lowest BCUT2D eigenvalue weighted by molar-refractivity contribution is -0.122. The van der Waals surface area contributed by atoms with Gasteiger partial charge in [-0.1, -0.05) is 15.9 Å². The summed E-state index contributed by atoms with van der Waals surface area (Å²) in [6.07, 6.45) is 0.976. The Labute approximate surface area is 115 Å². The zero-order chi connectivity index (χ0) is 13.1. The average molecular weight is 313 g/mol. The Kier molecular flexibility index (Phi) is 4.24. The number of carbonyl (C=O) groups is 1. The second-order valence-electron chi connectivity index (χ2n) is 4.44. The van der Waals surface area contributed by atoms with Crippen LogP contribution < -0.4 is 15.4 Å². The number of ether oxygens (including phenoxy) is 1. The minimum atomic E-state index is -0.200. The van der Waals surface area contributed by atoms with E-state index < -0.39 is 0 Å². The first kappa shape index (κ1) is 13.4. The number of amides is 1. The van der Waals surface area contributed by atoms with E-state index in [1.165, 1.54) is 5.56 Å². The third kappa shape index (κ3) is 3.03. The summed E-state index contributed by atoms with van der Waals surface area (Å²) in [5.74, 6) is 0.936. The Bertz CT molecular complexity index is 451. The second kappa shape index (κ2) is 5.71. The van der Waals surface area contributed by atoms with Crippen LogP contribution in [0.3, 0.4) is 0 Å². The molecule has 1 aliphatic rings. The fourth-order valence-corrected chi connectivity index (χ4v) is 2.43. The van der Waals surface area contributed by atoms with E-state index in [0.29, 0.717) is 6.54 Å². The highest BCUT2D eigenvalue weighted by atomic mass is 79.9. The lowest BCUT2D eigenvalue weighted by Crippen LogP contribution is -2.44. The van der Waals surface area contributed by atoms with Crippen LogP contribution in [-0.2, 0) is 11.2 Å². The molecule has 0 radical (unpaired) electrons. The highest BCUT2D eigenvalue weighted by Crippen LogP contribution is 2.30. The Morgan fingerprint density at radius 1 is 1.61 bits per heavy atom. The molecule has 0 spiro atoms. The van der Waals surface area contributed by atoms with E-state index in [9.17, 15) is 4.79 Å². The first-order valence-electron chi connectivity index (χ1n) is 6.00. The SMILES string of the molecule is CNC(=O)C(C)NCC1Cc2cc(Br)ccc2O1. The zero-order valence-corrected chi connectivity index (χ0v) is 12.1. The van der Waals surface area contributed by atoms with E-state index in [0.717, 1.165) is 16.6 Å². The summed E-state index contributed by atoms with van der Waals surface area (Å²) in [5.41, 5.74) is 1.21. The molecule has 1 aromatic carbocycles. The summed E-state index contributed by atoms with van der Waals surface area (Å²) in [6, 6.07) is 5.83. The van der Waals surface area contributed by atoms with Gasteiger partial charge in [0.1, 0.15) is 11.9 Å². The molecule has 4 nitrogen and oxygen atoms in total. The molecule has 2 unspecified atom stereocenters. The van der Waals surface area contributed by atoms with Gasteiger partial charge in [-0.05, 0) is 30.7 Å². The van der Waals surface area contributed by atoms with Gasteiger partial charge in [-0.3, -0.25) is 4.79 Å². The number of benzene rings is 1. The van der Waals surface area contributed by atoms with Gasteiger partial charge in [0, 0.05) is 24.5 Å². The van der Waals surface area contributed by atoms with Crippen molar-refractivity contribution in [3.05, 3.63) is 28.2 Å². The second-order valence-corrected chi connectivity index (χ2v) is 5.36.